The molecule has 7 nitrogen and oxygen atoms in total. The lowest BCUT2D eigenvalue weighted by molar-refractivity contribution is -0.126. The minimum Gasteiger partial charge on any atom is -0.493 e. The van der Waals surface area contributed by atoms with Crippen molar-refractivity contribution in [3.63, 3.8) is 0 Å². The maximum Gasteiger partial charge on any atom is 0.246 e. The molecule has 0 aliphatic rings. The normalized spacial score (nSPS) is 12.5. The summed E-state index contributed by atoms with van der Waals surface area (Å²) in [5, 5.41) is 0. The minimum absolute atomic E-state index is 0.205. The van der Waals surface area contributed by atoms with E-state index >= 15 is 0 Å². The highest BCUT2D eigenvalue weighted by molar-refractivity contribution is 7.90. The minimum atomic E-state index is -3.26. The average molecular weight is 434 g/mol. The predicted octanol–water partition coefficient (Wildman–Crippen LogP) is 3.35. The van der Waals surface area contributed by atoms with Crippen LogP contribution in [0.5, 0.6) is 17.2 Å². The molecule has 162 valence electrons. The molecule has 1 amide bonds. The number of carbonyl (C=O) groups is 1. The van der Waals surface area contributed by atoms with Crippen LogP contribution in [-0.2, 0) is 14.6 Å². The summed E-state index contributed by atoms with van der Waals surface area (Å²) in [6.07, 6.45) is 4.29. The number of amides is 1. The zero-order valence-electron chi connectivity index (χ0n) is 18.0. The predicted molar refractivity (Wildman–Crippen MR) is 116 cm³/mol. The fourth-order valence-corrected chi connectivity index (χ4v) is 3.52. The van der Waals surface area contributed by atoms with E-state index in [4.69, 9.17) is 14.2 Å². The topological polar surface area (TPSA) is 82.1 Å². The Morgan fingerprint density at radius 3 is 1.97 bits per heavy atom. The Morgan fingerprint density at radius 2 is 1.53 bits per heavy atom. The third kappa shape index (κ3) is 5.33. The molecule has 30 heavy (non-hydrogen) atoms. The van der Waals surface area contributed by atoms with Crippen molar-refractivity contribution in [2.45, 2.75) is 17.9 Å². The van der Waals surface area contributed by atoms with Gasteiger partial charge in [0.2, 0.25) is 11.7 Å². The van der Waals surface area contributed by atoms with E-state index in [2.05, 4.69) is 0 Å². The van der Waals surface area contributed by atoms with Crippen molar-refractivity contribution >= 4 is 21.8 Å². The second-order valence-electron chi connectivity index (χ2n) is 6.76. The maximum absolute atomic E-state index is 12.6. The number of hydrogen-bond acceptors (Lipinski definition) is 6. The number of benzene rings is 2. The van der Waals surface area contributed by atoms with Crippen molar-refractivity contribution < 1.29 is 27.4 Å². The van der Waals surface area contributed by atoms with Gasteiger partial charge in [0.05, 0.1) is 32.3 Å². The number of methoxy groups -OCH3 is 3. The Bertz CT molecular complexity index is 1000. The smallest absolute Gasteiger partial charge is 0.246 e. The van der Waals surface area contributed by atoms with Crippen LogP contribution in [0.1, 0.15) is 24.1 Å². The molecular weight excluding hydrogens is 406 g/mol. The summed E-state index contributed by atoms with van der Waals surface area (Å²) in [5.74, 6) is 1.27. The van der Waals surface area contributed by atoms with Crippen molar-refractivity contribution in [1.29, 1.82) is 0 Å². The number of nitrogens with zero attached hydrogens (tertiary/aromatic N) is 1. The Morgan fingerprint density at radius 1 is 1.00 bits per heavy atom. The van der Waals surface area contributed by atoms with Crippen molar-refractivity contribution in [1.82, 2.24) is 4.90 Å². The number of carbonyl (C=O) groups excluding carboxylic acids is 1. The first kappa shape index (κ1) is 23.3. The zero-order valence-corrected chi connectivity index (χ0v) is 18.8. The van der Waals surface area contributed by atoms with Gasteiger partial charge in [-0.3, -0.25) is 4.79 Å². The van der Waals surface area contributed by atoms with Gasteiger partial charge in [0.25, 0.3) is 0 Å². The number of sulfone groups is 1. The van der Waals surface area contributed by atoms with Crippen LogP contribution < -0.4 is 14.2 Å². The Labute approximate surface area is 177 Å². The second-order valence-corrected chi connectivity index (χ2v) is 8.77. The summed E-state index contributed by atoms with van der Waals surface area (Å²) in [6, 6.07) is 9.78. The van der Waals surface area contributed by atoms with E-state index in [1.807, 2.05) is 6.92 Å². The molecule has 0 radical (unpaired) electrons. The molecule has 1 atom stereocenters. The SMILES string of the molecule is COc1cc(/C=C/C(=O)N(C)C(C)c2ccc(S(C)(=O)=O)cc2)cc(OC)c1OC. The van der Waals surface area contributed by atoms with Crippen molar-refractivity contribution in [3.05, 3.63) is 53.6 Å². The molecule has 2 aromatic carbocycles. The summed E-state index contributed by atoms with van der Waals surface area (Å²) in [6.45, 7) is 1.88. The van der Waals surface area contributed by atoms with Gasteiger partial charge < -0.3 is 19.1 Å². The summed E-state index contributed by atoms with van der Waals surface area (Å²) >= 11 is 0. The van der Waals surface area contributed by atoms with Crippen LogP contribution in [0.4, 0.5) is 0 Å². The van der Waals surface area contributed by atoms with E-state index in [1.165, 1.54) is 27.4 Å². The molecule has 0 bridgehead atoms. The maximum atomic E-state index is 12.6. The van der Waals surface area contributed by atoms with Crippen LogP contribution in [0.2, 0.25) is 0 Å². The molecule has 1 unspecified atom stereocenters. The molecular formula is C22H27NO6S. The molecule has 0 aromatic heterocycles. The van der Waals surface area contributed by atoms with Gasteiger partial charge in [0, 0.05) is 19.4 Å². The van der Waals surface area contributed by atoms with Crippen LogP contribution in [0, 0.1) is 0 Å². The molecule has 0 saturated carbocycles. The molecule has 0 heterocycles. The molecule has 2 rings (SSSR count). The summed E-state index contributed by atoms with van der Waals surface area (Å²) in [4.78, 5) is 14.5. The van der Waals surface area contributed by atoms with E-state index < -0.39 is 9.84 Å². The molecule has 0 fully saturated rings. The lowest BCUT2D eigenvalue weighted by Gasteiger charge is -2.24. The third-order valence-corrected chi connectivity index (χ3v) is 5.95. The quantitative estimate of drug-likeness (QED) is 0.594. The molecule has 0 spiro atoms. The molecule has 0 N–H and O–H groups in total. The van der Waals surface area contributed by atoms with Crippen LogP contribution in [0.25, 0.3) is 6.08 Å². The highest BCUT2D eigenvalue weighted by Crippen LogP contribution is 2.38. The zero-order chi connectivity index (χ0) is 22.5. The summed E-state index contributed by atoms with van der Waals surface area (Å²) in [7, 11) is 3.02. The summed E-state index contributed by atoms with van der Waals surface area (Å²) < 4.78 is 39.2. The van der Waals surface area contributed by atoms with Gasteiger partial charge in [-0.2, -0.15) is 0 Å². The standard InChI is InChI=1S/C22H27NO6S/c1-15(17-8-10-18(11-9-17)30(6,25)26)23(2)21(24)12-7-16-13-19(27-3)22(29-5)20(14-16)28-4/h7-15H,1-6H3/b12-7+. The van der Waals surface area contributed by atoms with E-state index in [1.54, 1.807) is 54.4 Å². The number of rotatable bonds is 8. The Hall–Kier alpha value is -3.00. The molecule has 0 saturated heterocycles. The average Bonchev–Trinajstić information content (AvgIpc) is 2.74. The van der Waals surface area contributed by atoms with Gasteiger partial charge in [0.1, 0.15) is 0 Å². The second kappa shape index (κ2) is 9.67. The highest BCUT2D eigenvalue weighted by Gasteiger charge is 2.17. The third-order valence-electron chi connectivity index (χ3n) is 4.82. The number of likely N-dealkylation sites (N-methyl/N-ethyl adjacent to an activating group) is 1. The molecule has 0 aliphatic carbocycles. The first-order valence-electron chi connectivity index (χ1n) is 9.17. The molecule has 0 aliphatic heterocycles. The van der Waals surface area contributed by atoms with Gasteiger partial charge in [-0.15, -0.1) is 0 Å². The lowest BCUT2D eigenvalue weighted by Crippen LogP contribution is -2.28. The van der Waals surface area contributed by atoms with Gasteiger partial charge in [-0.25, -0.2) is 8.42 Å². The van der Waals surface area contributed by atoms with Crippen LogP contribution >= 0.6 is 0 Å². The molecule has 8 heteroatoms. The highest BCUT2D eigenvalue weighted by atomic mass is 32.2. The largest absolute Gasteiger partial charge is 0.493 e. The Balaban J connectivity index is 2.19. The fourth-order valence-electron chi connectivity index (χ4n) is 2.89. The van der Waals surface area contributed by atoms with Crippen molar-refractivity contribution in [2.24, 2.45) is 0 Å². The van der Waals surface area contributed by atoms with E-state index in [0.717, 1.165) is 17.4 Å². The van der Waals surface area contributed by atoms with Gasteiger partial charge in [-0.1, -0.05) is 12.1 Å². The first-order chi connectivity index (χ1) is 14.1. The Kier molecular flexibility index (Phi) is 7.50. The first-order valence-corrected chi connectivity index (χ1v) is 11.1. The van der Waals surface area contributed by atoms with Gasteiger partial charge in [0.15, 0.2) is 21.3 Å². The lowest BCUT2D eigenvalue weighted by atomic mass is 10.1. The summed E-state index contributed by atoms with van der Waals surface area (Å²) in [5.41, 5.74) is 1.55. The van der Waals surface area contributed by atoms with Crippen molar-refractivity contribution in [3.8, 4) is 17.2 Å². The van der Waals surface area contributed by atoms with E-state index in [9.17, 15) is 13.2 Å². The van der Waals surface area contributed by atoms with Gasteiger partial charge >= 0.3 is 0 Å². The van der Waals surface area contributed by atoms with Crippen molar-refractivity contribution in [2.75, 3.05) is 34.6 Å². The monoisotopic (exact) mass is 433 g/mol. The van der Waals surface area contributed by atoms with Crippen LogP contribution in [0.15, 0.2) is 47.4 Å². The fraction of sp³-hybridized carbons (Fsp3) is 0.318. The van der Waals surface area contributed by atoms with Crippen LogP contribution in [-0.4, -0.2) is 53.9 Å². The molecule has 2 aromatic rings. The van der Waals surface area contributed by atoms with E-state index in [0.29, 0.717) is 17.2 Å². The van der Waals surface area contributed by atoms with E-state index in [-0.39, 0.29) is 16.8 Å². The van der Waals surface area contributed by atoms with Crippen LogP contribution in [0.3, 0.4) is 0 Å². The van der Waals surface area contributed by atoms with Gasteiger partial charge in [-0.05, 0) is 48.4 Å². The number of ether oxygens (including phenoxy) is 3. The number of hydrogen-bond donors (Lipinski definition) is 0.